The molecule has 8 unspecified atom stereocenters. The Morgan fingerprint density at radius 3 is 1.27 bits per heavy atom. The van der Waals surface area contributed by atoms with Gasteiger partial charge in [-0.2, -0.15) is 0 Å². The zero-order valence-corrected chi connectivity index (χ0v) is 53.4. The predicted molar refractivity (Wildman–Crippen MR) is 356 cm³/mol. The van der Waals surface area contributed by atoms with E-state index < -0.39 is 67.4 Å². The molecule has 0 aromatic rings. The summed E-state index contributed by atoms with van der Waals surface area (Å²) in [6, 6.07) is -1.05. The maximum absolute atomic E-state index is 13.5. The number of ether oxygens (including phenoxy) is 3. The Balaban J connectivity index is 2.67. The third kappa shape index (κ3) is 47.3. The molecule has 1 amide bonds. The first-order valence-electron chi connectivity index (χ1n) is 33.6. The van der Waals surface area contributed by atoms with Gasteiger partial charge in [0.25, 0.3) is 0 Å². The number of hydrogen-bond acceptors (Lipinski definition) is 10. The van der Waals surface area contributed by atoms with Crippen molar-refractivity contribution >= 4 is 11.9 Å². The van der Waals surface area contributed by atoms with Crippen LogP contribution in [0.5, 0.6) is 0 Å². The van der Waals surface area contributed by atoms with Gasteiger partial charge in [-0.05, 0) is 116 Å². The molecule has 1 saturated heterocycles. The highest BCUT2D eigenvalue weighted by Gasteiger charge is 2.47. The van der Waals surface area contributed by atoms with Crippen LogP contribution in [0.3, 0.4) is 0 Å². The summed E-state index contributed by atoms with van der Waals surface area (Å²) in [6.45, 7) is 5.52. The summed E-state index contributed by atoms with van der Waals surface area (Å²) < 4.78 is 17.6. The summed E-state index contributed by atoms with van der Waals surface area (Å²) in [4.78, 5) is 26.6. The van der Waals surface area contributed by atoms with Crippen LogP contribution in [0.25, 0.3) is 0 Å². The Morgan fingerprint density at radius 1 is 0.471 bits per heavy atom. The van der Waals surface area contributed by atoms with Crippen LogP contribution in [-0.2, 0) is 23.8 Å². The van der Waals surface area contributed by atoms with Crippen LogP contribution in [0.1, 0.15) is 245 Å². The van der Waals surface area contributed by atoms with Gasteiger partial charge < -0.3 is 45.1 Å². The molecule has 482 valence electrons. The van der Waals surface area contributed by atoms with Gasteiger partial charge in [-0.15, -0.1) is 0 Å². The molecule has 0 bridgehead atoms. The smallest absolute Gasteiger partial charge is 0.306 e. The molecule has 1 fully saturated rings. The van der Waals surface area contributed by atoms with Crippen molar-refractivity contribution in [1.29, 1.82) is 0 Å². The second-order valence-electron chi connectivity index (χ2n) is 22.4. The monoisotopic (exact) mass is 1180 g/mol. The normalized spacial score (nSPS) is 19.4. The van der Waals surface area contributed by atoms with Gasteiger partial charge in [0.15, 0.2) is 12.4 Å². The third-order valence-electron chi connectivity index (χ3n) is 14.7. The summed E-state index contributed by atoms with van der Waals surface area (Å²) in [6.07, 6.45) is 76.0. The van der Waals surface area contributed by atoms with E-state index in [1.54, 1.807) is 6.08 Å². The molecule has 0 aromatic carbocycles. The Hall–Kier alpha value is -4.46. The fourth-order valence-electron chi connectivity index (χ4n) is 9.51. The molecule has 0 saturated carbocycles. The van der Waals surface area contributed by atoms with Gasteiger partial charge in [0.2, 0.25) is 5.91 Å². The number of carbonyl (C=O) groups excluding carboxylic acids is 2. The van der Waals surface area contributed by atoms with Crippen LogP contribution in [0.15, 0.2) is 146 Å². The van der Waals surface area contributed by atoms with E-state index in [9.17, 15) is 35.1 Å². The van der Waals surface area contributed by atoms with E-state index in [0.717, 1.165) is 141 Å². The average molecular weight is 1180 g/mol. The van der Waals surface area contributed by atoms with Gasteiger partial charge in [0.05, 0.1) is 25.4 Å². The van der Waals surface area contributed by atoms with Crippen molar-refractivity contribution in [2.24, 2.45) is 0 Å². The molecule has 11 nitrogen and oxygen atoms in total. The number of esters is 1. The SMILES string of the molecule is CC/C=C\C/C=C\C/C=C\C/C=C\C/C=C\C/C=C\CCCCCCCCCC(O)C(=O)NC(COC1OC(CO)C(O)C(O)C1OC(=O)CCC/C=C\C/C=C\C/C=C\C/C=C\C/C=C\CC)C(O)/C=C/CCCCCCCCCCCCC. The topological polar surface area (TPSA) is 175 Å². The molecule has 0 spiro atoms. The molecule has 85 heavy (non-hydrogen) atoms. The number of nitrogens with one attached hydrogen (secondary N) is 1. The minimum atomic E-state index is -1.65. The summed E-state index contributed by atoms with van der Waals surface area (Å²) in [5.41, 5.74) is 0. The van der Waals surface area contributed by atoms with Crippen LogP contribution in [0, 0.1) is 0 Å². The lowest BCUT2D eigenvalue weighted by molar-refractivity contribution is -0.305. The quantitative estimate of drug-likeness (QED) is 0.0195. The van der Waals surface area contributed by atoms with Crippen molar-refractivity contribution in [1.82, 2.24) is 5.32 Å². The van der Waals surface area contributed by atoms with E-state index in [1.807, 2.05) is 18.2 Å². The third-order valence-corrected chi connectivity index (χ3v) is 14.7. The van der Waals surface area contributed by atoms with Gasteiger partial charge in [-0.1, -0.05) is 269 Å². The number of hydrogen-bond donors (Lipinski definition) is 6. The summed E-state index contributed by atoms with van der Waals surface area (Å²) in [5, 5.41) is 57.1. The standard InChI is InChI=1S/C74H121NO10/c1-4-7-10-13-16-19-22-25-27-29-30-31-32-33-34-35-36-37-39-40-43-46-49-52-55-58-61-67(78)73(82)75-65(66(77)60-57-54-51-48-45-42-24-21-18-15-12-9-6-3)64-83-74-72(71(81)70(80)68(63-76)84-74)85-69(79)62-59-56-53-50-47-44-41-38-28-26-23-20-17-14-11-8-5-2/h7-8,10-11,16-17,19-20,25-28,30-31,33-34,36-37,41,44,50,53,57,60,65-68,70-72,74,76-78,80-81H,4-6,9,12-15,18,21-24,29,32,35,38-40,42-43,45-49,51-52,54-56,58-59,61-64H2,1-3H3,(H,75,82)/b10-7-,11-8-,19-16-,20-17-,27-25-,28-26-,31-30-,34-33-,37-36-,44-41-,53-50-,60-57+. The van der Waals surface area contributed by atoms with Gasteiger partial charge in [-0.25, -0.2) is 0 Å². The Kier molecular flexibility index (Phi) is 55.3. The lowest BCUT2D eigenvalue weighted by atomic mass is 9.99. The largest absolute Gasteiger partial charge is 0.454 e. The van der Waals surface area contributed by atoms with Crippen molar-refractivity contribution in [2.75, 3.05) is 13.2 Å². The van der Waals surface area contributed by atoms with Crippen LogP contribution in [-0.4, -0.2) is 99.6 Å². The van der Waals surface area contributed by atoms with Gasteiger partial charge in [-0.3, -0.25) is 9.59 Å². The number of amides is 1. The second-order valence-corrected chi connectivity index (χ2v) is 22.4. The number of aliphatic hydroxyl groups excluding tert-OH is 5. The Labute approximate surface area is 517 Å². The molecule has 0 aromatic heterocycles. The minimum Gasteiger partial charge on any atom is -0.454 e. The van der Waals surface area contributed by atoms with Crippen LogP contribution in [0.4, 0.5) is 0 Å². The van der Waals surface area contributed by atoms with Crippen LogP contribution in [0.2, 0.25) is 0 Å². The van der Waals surface area contributed by atoms with Gasteiger partial charge in [0, 0.05) is 6.42 Å². The van der Waals surface area contributed by atoms with E-state index in [0.29, 0.717) is 19.3 Å². The van der Waals surface area contributed by atoms with Crippen molar-refractivity contribution in [3.05, 3.63) is 146 Å². The minimum absolute atomic E-state index is 0.0364. The number of allylic oxidation sites excluding steroid dienone is 23. The molecule has 1 aliphatic heterocycles. The van der Waals surface area contributed by atoms with E-state index in [-0.39, 0.29) is 19.4 Å². The highest BCUT2D eigenvalue weighted by molar-refractivity contribution is 5.80. The molecule has 0 aliphatic carbocycles. The maximum Gasteiger partial charge on any atom is 0.306 e. The summed E-state index contributed by atoms with van der Waals surface area (Å²) in [5.74, 6) is -1.27. The first kappa shape index (κ1) is 78.6. The molecular weight excluding hydrogens is 1060 g/mol. The first-order chi connectivity index (χ1) is 41.7. The van der Waals surface area contributed by atoms with Gasteiger partial charge in [0.1, 0.15) is 24.4 Å². The van der Waals surface area contributed by atoms with E-state index in [1.165, 1.54) is 51.4 Å². The van der Waals surface area contributed by atoms with Crippen molar-refractivity contribution in [3.63, 3.8) is 0 Å². The summed E-state index contributed by atoms with van der Waals surface area (Å²) >= 11 is 0. The van der Waals surface area contributed by atoms with Crippen molar-refractivity contribution < 1.29 is 49.3 Å². The highest BCUT2D eigenvalue weighted by atomic mass is 16.7. The maximum atomic E-state index is 13.5. The molecule has 1 aliphatic rings. The lowest BCUT2D eigenvalue weighted by Gasteiger charge is -2.41. The Bertz CT molecular complexity index is 1940. The highest BCUT2D eigenvalue weighted by Crippen LogP contribution is 2.26. The lowest BCUT2D eigenvalue weighted by Crippen LogP contribution is -2.61. The molecule has 1 heterocycles. The molecule has 11 heteroatoms. The number of carbonyl (C=O) groups is 2. The predicted octanol–water partition coefficient (Wildman–Crippen LogP) is 16.9. The number of rotatable bonds is 55. The number of aliphatic hydroxyl groups is 5. The number of unbranched alkanes of at least 4 members (excludes halogenated alkanes) is 19. The molecule has 8 atom stereocenters. The van der Waals surface area contributed by atoms with E-state index in [2.05, 4.69) is 148 Å². The summed E-state index contributed by atoms with van der Waals surface area (Å²) in [7, 11) is 0. The van der Waals surface area contributed by atoms with Crippen molar-refractivity contribution in [3.8, 4) is 0 Å². The Morgan fingerprint density at radius 2 is 0.847 bits per heavy atom. The molecule has 1 rings (SSSR count). The van der Waals surface area contributed by atoms with Crippen molar-refractivity contribution in [2.45, 2.75) is 294 Å². The zero-order chi connectivity index (χ0) is 61.7. The first-order valence-corrected chi connectivity index (χ1v) is 33.6. The fraction of sp³-hybridized carbons (Fsp3) is 0.649. The second kappa shape index (κ2) is 59.9. The fourth-order valence-corrected chi connectivity index (χ4v) is 9.51. The van der Waals surface area contributed by atoms with Gasteiger partial charge >= 0.3 is 5.97 Å². The molecule has 0 radical (unpaired) electrons. The average Bonchev–Trinajstić information content (AvgIpc) is 3.22. The molecular formula is C74H121NO10. The van der Waals surface area contributed by atoms with E-state index >= 15 is 0 Å². The van der Waals surface area contributed by atoms with Crippen LogP contribution >= 0.6 is 0 Å². The van der Waals surface area contributed by atoms with E-state index in [4.69, 9.17) is 14.2 Å². The van der Waals surface area contributed by atoms with Crippen LogP contribution < -0.4 is 5.32 Å². The molecule has 6 N–H and O–H groups in total. The zero-order valence-electron chi connectivity index (χ0n) is 53.4.